The molecule has 2 aromatic heterocycles. The highest BCUT2D eigenvalue weighted by Crippen LogP contribution is 2.25. The van der Waals surface area contributed by atoms with Crippen LogP contribution in [0.5, 0.6) is 0 Å². The zero-order chi connectivity index (χ0) is 14.0. The number of hydrogen-bond donors (Lipinski definition) is 1. The molecule has 2 aromatic rings. The highest BCUT2D eigenvalue weighted by molar-refractivity contribution is 5.97. The Morgan fingerprint density at radius 1 is 1.37 bits per heavy atom. The van der Waals surface area contributed by atoms with Gasteiger partial charge in [-0.3, -0.25) is 19.7 Å². The third-order valence-corrected chi connectivity index (χ3v) is 2.67. The molecule has 1 amide bonds. The Bertz CT molecular complexity index is 593. The number of anilines is 3. The molecule has 0 spiro atoms. The lowest BCUT2D eigenvalue weighted by molar-refractivity contribution is -0.115. The quantitative estimate of drug-likeness (QED) is 0.843. The van der Waals surface area contributed by atoms with Crippen molar-refractivity contribution in [3.05, 3.63) is 30.6 Å². The standard InChI is InChI=1S/C12H15N5O2/c1-9(18)17(12-5-7-14-15(12)2)11-8-10(16(3)19)4-6-13-11/h4-8,19H,1-3H3. The molecule has 0 bridgehead atoms. The van der Waals surface area contributed by atoms with Gasteiger partial charge in [0.1, 0.15) is 11.6 Å². The number of aromatic nitrogens is 3. The number of nitrogens with zero attached hydrogens (tertiary/aromatic N) is 5. The van der Waals surface area contributed by atoms with E-state index in [-0.39, 0.29) is 5.91 Å². The first-order valence-corrected chi connectivity index (χ1v) is 5.68. The summed E-state index contributed by atoms with van der Waals surface area (Å²) >= 11 is 0. The zero-order valence-corrected chi connectivity index (χ0v) is 11.0. The van der Waals surface area contributed by atoms with Crippen LogP contribution >= 0.6 is 0 Å². The average Bonchev–Trinajstić information content (AvgIpc) is 2.76. The van der Waals surface area contributed by atoms with Gasteiger partial charge in [0.15, 0.2) is 0 Å². The summed E-state index contributed by atoms with van der Waals surface area (Å²) in [6, 6.07) is 4.98. The fraction of sp³-hybridized carbons (Fsp3) is 0.250. The largest absolute Gasteiger partial charge is 0.289 e. The van der Waals surface area contributed by atoms with Gasteiger partial charge in [-0.2, -0.15) is 5.10 Å². The van der Waals surface area contributed by atoms with Crippen molar-refractivity contribution in [2.75, 3.05) is 17.0 Å². The summed E-state index contributed by atoms with van der Waals surface area (Å²) in [7, 11) is 3.24. The highest BCUT2D eigenvalue weighted by atomic mass is 16.5. The van der Waals surface area contributed by atoms with E-state index in [1.54, 1.807) is 36.1 Å². The van der Waals surface area contributed by atoms with Gasteiger partial charge in [0.25, 0.3) is 0 Å². The molecule has 0 aliphatic heterocycles. The Morgan fingerprint density at radius 2 is 2.11 bits per heavy atom. The summed E-state index contributed by atoms with van der Waals surface area (Å²) in [4.78, 5) is 17.4. The predicted molar refractivity (Wildman–Crippen MR) is 70.5 cm³/mol. The first-order chi connectivity index (χ1) is 9.00. The second kappa shape index (κ2) is 5.07. The number of hydrogen-bond acceptors (Lipinski definition) is 5. The number of rotatable bonds is 3. The lowest BCUT2D eigenvalue weighted by Gasteiger charge is -2.21. The molecule has 7 nitrogen and oxygen atoms in total. The minimum atomic E-state index is -0.186. The van der Waals surface area contributed by atoms with Gasteiger partial charge in [0.2, 0.25) is 5.91 Å². The van der Waals surface area contributed by atoms with E-state index in [9.17, 15) is 10.0 Å². The summed E-state index contributed by atoms with van der Waals surface area (Å²) in [6.07, 6.45) is 3.14. The van der Waals surface area contributed by atoms with E-state index in [4.69, 9.17) is 0 Å². The van der Waals surface area contributed by atoms with Gasteiger partial charge in [-0.15, -0.1) is 0 Å². The first kappa shape index (κ1) is 13.0. The van der Waals surface area contributed by atoms with Crippen LogP contribution in [0, 0.1) is 0 Å². The normalized spacial score (nSPS) is 10.3. The number of aryl methyl sites for hydroxylation is 1. The molecule has 2 heterocycles. The minimum absolute atomic E-state index is 0.186. The smallest absolute Gasteiger partial charge is 0.230 e. The molecule has 100 valence electrons. The Morgan fingerprint density at radius 3 is 2.63 bits per heavy atom. The topological polar surface area (TPSA) is 74.5 Å². The molecule has 0 unspecified atom stereocenters. The summed E-state index contributed by atoms with van der Waals surface area (Å²) in [5.74, 6) is 0.848. The van der Waals surface area contributed by atoms with Crippen LogP contribution in [0.15, 0.2) is 30.6 Å². The van der Waals surface area contributed by atoms with Gasteiger partial charge in [0.05, 0.1) is 11.9 Å². The molecule has 0 saturated heterocycles. The van der Waals surface area contributed by atoms with Crippen LogP contribution in [-0.2, 0) is 11.8 Å². The third kappa shape index (κ3) is 2.55. The van der Waals surface area contributed by atoms with Crippen molar-refractivity contribution in [3.8, 4) is 0 Å². The third-order valence-electron chi connectivity index (χ3n) is 2.67. The highest BCUT2D eigenvalue weighted by Gasteiger charge is 2.19. The molecule has 0 atom stereocenters. The van der Waals surface area contributed by atoms with Crippen LogP contribution < -0.4 is 9.96 Å². The molecule has 0 aromatic carbocycles. The summed E-state index contributed by atoms with van der Waals surface area (Å²) in [5, 5.41) is 14.4. The van der Waals surface area contributed by atoms with E-state index in [1.165, 1.54) is 25.1 Å². The van der Waals surface area contributed by atoms with Gasteiger partial charge in [-0.1, -0.05) is 0 Å². The molecule has 19 heavy (non-hydrogen) atoms. The van der Waals surface area contributed by atoms with Crippen LogP contribution in [0.4, 0.5) is 17.3 Å². The van der Waals surface area contributed by atoms with E-state index in [0.717, 1.165) is 5.06 Å². The van der Waals surface area contributed by atoms with Crippen LogP contribution in [0.25, 0.3) is 0 Å². The Balaban J connectivity index is 2.49. The van der Waals surface area contributed by atoms with Crippen molar-refractivity contribution in [1.29, 1.82) is 0 Å². The van der Waals surface area contributed by atoms with Crippen molar-refractivity contribution in [3.63, 3.8) is 0 Å². The summed E-state index contributed by atoms with van der Waals surface area (Å²) in [6.45, 7) is 1.45. The Hall–Kier alpha value is -2.41. The Kier molecular flexibility index (Phi) is 3.48. The van der Waals surface area contributed by atoms with Gasteiger partial charge >= 0.3 is 0 Å². The minimum Gasteiger partial charge on any atom is -0.289 e. The van der Waals surface area contributed by atoms with E-state index in [2.05, 4.69) is 10.1 Å². The van der Waals surface area contributed by atoms with Gasteiger partial charge in [-0.05, 0) is 6.07 Å². The molecule has 0 aliphatic rings. The zero-order valence-electron chi connectivity index (χ0n) is 11.0. The molecule has 1 N–H and O–H groups in total. The fourth-order valence-electron chi connectivity index (χ4n) is 1.76. The van der Waals surface area contributed by atoms with Gasteiger partial charge in [0, 0.05) is 39.3 Å². The van der Waals surface area contributed by atoms with E-state index >= 15 is 0 Å². The van der Waals surface area contributed by atoms with Crippen LogP contribution in [0.1, 0.15) is 6.92 Å². The number of hydroxylamine groups is 1. The number of carbonyl (C=O) groups is 1. The Labute approximate surface area is 110 Å². The summed E-state index contributed by atoms with van der Waals surface area (Å²) in [5.41, 5.74) is 0.540. The maximum atomic E-state index is 11.8. The second-order valence-electron chi connectivity index (χ2n) is 4.06. The molecular formula is C12H15N5O2. The predicted octanol–water partition coefficient (Wildman–Crippen LogP) is 1.33. The van der Waals surface area contributed by atoms with Crippen molar-refractivity contribution in [2.45, 2.75) is 6.92 Å². The average molecular weight is 261 g/mol. The van der Waals surface area contributed by atoms with Crippen molar-refractivity contribution >= 4 is 23.2 Å². The number of carbonyl (C=O) groups excluding carboxylic acids is 1. The van der Waals surface area contributed by atoms with Crippen molar-refractivity contribution in [2.24, 2.45) is 7.05 Å². The van der Waals surface area contributed by atoms with Crippen molar-refractivity contribution in [1.82, 2.24) is 14.8 Å². The SMILES string of the molecule is CC(=O)N(c1cc(N(C)O)ccn1)c1ccnn1C. The van der Waals surface area contributed by atoms with Gasteiger partial charge < -0.3 is 0 Å². The van der Waals surface area contributed by atoms with E-state index in [0.29, 0.717) is 17.3 Å². The fourth-order valence-corrected chi connectivity index (χ4v) is 1.76. The maximum Gasteiger partial charge on any atom is 0.230 e. The maximum absolute atomic E-state index is 11.8. The number of pyridine rings is 1. The molecule has 0 radical (unpaired) electrons. The number of amides is 1. The lowest BCUT2D eigenvalue weighted by Crippen LogP contribution is -2.26. The second-order valence-corrected chi connectivity index (χ2v) is 4.06. The molecule has 7 heteroatoms. The van der Waals surface area contributed by atoms with Crippen LogP contribution in [-0.4, -0.2) is 32.9 Å². The van der Waals surface area contributed by atoms with Crippen molar-refractivity contribution < 1.29 is 10.0 Å². The lowest BCUT2D eigenvalue weighted by atomic mass is 10.3. The molecule has 0 fully saturated rings. The monoisotopic (exact) mass is 261 g/mol. The first-order valence-electron chi connectivity index (χ1n) is 5.68. The van der Waals surface area contributed by atoms with Crippen LogP contribution in [0.3, 0.4) is 0 Å². The van der Waals surface area contributed by atoms with Gasteiger partial charge in [-0.25, -0.2) is 9.88 Å². The molecule has 0 saturated carbocycles. The molecule has 0 aliphatic carbocycles. The van der Waals surface area contributed by atoms with E-state index < -0.39 is 0 Å². The molecular weight excluding hydrogens is 246 g/mol. The molecule has 2 rings (SSSR count). The van der Waals surface area contributed by atoms with E-state index in [1.807, 2.05) is 0 Å². The van der Waals surface area contributed by atoms with Crippen LogP contribution in [0.2, 0.25) is 0 Å². The summed E-state index contributed by atoms with van der Waals surface area (Å²) < 4.78 is 1.58.